The molecule has 37 heavy (non-hydrogen) atoms. The Labute approximate surface area is 228 Å². The number of benzene rings is 2. The van der Waals surface area contributed by atoms with Crippen LogP contribution in [0.1, 0.15) is 70.1 Å². The second kappa shape index (κ2) is 21.6. The van der Waals surface area contributed by atoms with Gasteiger partial charge in [-0.25, -0.2) is 10.6 Å². The lowest BCUT2D eigenvalue weighted by Gasteiger charge is -2.27. The summed E-state index contributed by atoms with van der Waals surface area (Å²) in [5.74, 6) is 6.04. The summed E-state index contributed by atoms with van der Waals surface area (Å²) in [5.41, 5.74) is 11.2. The summed E-state index contributed by atoms with van der Waals surface area (Å²) >= 11 is 0. The summed E-state index contributed by atoms with van der Waals surface area (Å²) in [6, 6.07) is 16.3. The van der Waals surface area contributed by atoms with Crippen molar-refractivity contribution in [2.45, 2.75) is 72.8 Å². The topological polar surface area (TPSA) is 109 Å². The molecule has 1 saturated heterocycles. The van der Waals surface area contributed by atoms with Gasteiger partial charge in [-0.1, -0.05) is 75.2 Å². The molecule has 0 aromatic heterocycles. The summed E-state index contributed by atoms with van der Waals surface area (Å²) < 4.78 is 0. The maximum absolute atomic E-state index is 10.6. The second-order valence-electron chi connectivity index (χ2n) is 8.78. The van der Waals surface area contributed by atoms with Crippen molar-refractivity contribution in [2.24, 2.45) is 16.6 Å². The Morgan fingerprint density at radius 2 is 1.73 bits per heavy atom. The first-order chi connectivity index (χ1) is 17.8. The van der Waals surface area contributed by atoms with E-state index in [0.29, 0.717) is 0 Å². The SMILES string of the molecule is CC.CC(CCN1CCCCC1)NC(N)=O.CCc1cccc(C(=NC)NN)c1.Cc1ccc(P)cc1. The molecule has 8 heteroatoms. The predicted octanol–water partition coefficient (Wildman–Crippen LogP) is 4.53. The molecule has 6 N–H and O–H groups in total. The zero-order chi connectivity index (χ0) is 28.1. The average Bonchev–Trinajstić information content (AvgIpc) is 2.92. The molecular formula is C29H51N6OP. The number of likely N-dealkylation sites (tertiary alicyclic amines) is 1. The molecule has 0 saturated carbocycles. The van der Waals surface area contributed by atoms with Gasteiger partial charge in [-0.3, -0.25) is 4.99 Å². The van der Waals surface area contributed by atoms with Crippen molar-refractivity contribution in [3.8, 4) is 0 Å². The third-order valence-corrected chi connectivity index (χ3v) is 6.15. The Bertz CT molecular complexity index is 861. The first-order valence-corrected chi connectivity index (χ1v) is 14.0. The van der Waals surface area contributed by atoms with E-state index in [1.165, 1.54) is 48.8 Å². The number of carbonyl (C=O) groups is 1. The van der Waals surface area contributed by atoms with Crippen LogP contribution in [-0.4, -0.2) is 49.5 Å². The van der Waals surface area contributed by atoms with E-state index in [0.717, 1.165) is 30.8 Å². The number of hydrazine groups is 1. The molecule has 2 unspecified atom stereocenters. The van der Waals surface area contributed by atoms with Gasteiger partial charge in [-0.05, 0) is 69.6 Å². The van der Waals surface area contributed by atoms with Crippen molar-refractivity contribution in [2.75, 3.05) is 26.7 Å². The number of rotatable bonds is 6. The summed E-state index contributed by atoms with van der Waals surface area (Å²) in [7, 11) is 4.37. The molecule has 7 nitrogen and oxygen atoms in total. The van der Waals surface area contributed by atoms with Crippen LogP contribution in [0.4, 0.5) is 4.79 Å². The van der Waals surface area contributed by atoms with Gasteiger partial charge >= 0.3 is 6.03 Å². The van der Waals surface area contributed by atoms with Crippen molar-refractivity contribution < 1.29 is 4.79 Å². The van der Waals surface area contributed by atoms with E-state index in [1.807, 2.05) is 32.9 Å². The zero-order valence-electron chi connectivity index (χ0n) is 23.9. The lowest BCUT2D eigenvalue weighted by molar-refractivity contribution is 0.216. The summed E-state index contributed by atoms with van der Waals surface area (Å²) in [4.78, 5) is 17.1. The fourth-order valence-corrected chi connectivity index (χ4v) is 3.85. The van der Waals surface area contributed by atoms with Gasteiger partial charge in [-0.15, -0.1) is 9.24 Å². The third-order valence-electron chi connectivity index (χ3n) is 5.76. The van der Waals surface area contributed by atoms with E-state index in [4.69, 9.17) is 11.6 Å². The summed E-state index contributed by atoms with van der Waals surface area (Å²) in [5, 5.41) is 3.94. The number of amides is 2. The van der Waals surface area contributed by atoms with Crippen LogP contribution in [0.3, 0.4) is 0 Å². The molecule has 0 bridgehead atoms. The van der Waals surface area contributed by atoms with E-state index >= 15 is 0 Å². The standard InChI is InChI=1S/C10H21N3O.C10H15N3.C7H9P.C2H6/c1-9(12-10(11)14)5-8-13-6-3-2-4-7-13;1-3-8-5-4-6-9(7-8)10(12-2)13-11;1-6-2-4-7(8)5-3-6;1-2/h9H,2-8H2,1H3,(H3,11,12,14);4-7H,3,11H2,1-2H3,(H,12,13);2-5H,8H2,1H3;1-2H3. The van der Waals surface area contributed by atoms with Crippen LogP contribution in [0.2, 0.25) is 0 Å². The zero-order valence-corrected chi connectivity index (χ0v) is 25.0. The predicted molar refractivity (Wildman–Crippen MR) is 165 cm³/mol. The van der Waals surface area contributed by atoms with Gasteiger partial charge < -0.3 is 21.4 Å². The summed E-state index contributed by atoms with van der Waals surface area (Å²) in [6.45, 7) is 13.7. The van der Waals surface area contributed by atoms with Crippen molar-refractivity contribution in [1.29, 1.82) is 0 Å². The van der Waals surface area contributed by atoms with Crippen LogP contribution in [0.5, 0.6) is 0 Å². The molecule has 1 aliphatic heterocycles. The van der Waals surface area contributed by atoms with Gasteiger partial charge in [0.25, 0.3) is 0 Å². The molecule has 208 valence electrons. The van der Waals surface area contributed by atoms with Gasteiger partial charge in [0.2, 0.25) is 0 Å². The molecule has 1 aliphatic rings. The first kappa shape index (κ1) is 34.5. The lowest BCUT2D eigenvalue weighted by Crippen LogP contribution is -2.40. The van der Waals surface area contributed by atoms with Crippen molar-refractivity contribution >= 4 is 26.4 Å². The first-order valence-electron chi connectivity index (χ1n) is 13.4. The highest BCUT2D eigenvalue weighted by Gasteiger charge is 2.11. The smallest absolute Gasteiger partial charge is 0.312 e. The van der Waals surface area contributed by atoms with Crippen molar-refractivity contribution in [3.05, 3.63) is 65.2 Å². The number of urea groups is 1. The van der Waals surface area contributed by atoms with E-state index in [-0.39, 0.29) is 6.04 Å². The number of nitrogens with zero attached hydrogens (tertiary/aromatic N) is 2. The van der Waals surface area contributed by atoms with Crippen LogP contribution in [0, 0.1) is 6.92 Å². The number of piperidine rings is 1. The van der Waals surface area contributed by atoms with Crippen LogP contribution < -0.4 is 27.6 Å². The normalized spacial score (nSPS) is 13.9. The fourth-order valence-electron chi connectivity index (χ4n) is 3.66. The number of aryl methyl sites for hydroxylation is 2. The maximum atomic E-state index is 10.6. The van der Waals surface area contributed by atoms with E-state index in [9.17, 15) is 4.79 Å². The van der Waals surface area contributed by atoms with Crippen molar-refractivity contribution in [3.63, 3.8) is 0 Å². The monoisotopic (exact) mass is 530 g/mol. The number of hydrogen-bond donors (Lipinski definition) is 4. The highest BCUT2D eigenvalue weighted by atomic mass is 31.0. The molecule has 2 atom stereocenters. The molecule has 1 heterocycles. The molecule has 3 rings (SSSR count). The Morgan fingerprint density at radius 3 is 2.22 bits per heavy atom. The Hall–Kier alpha value is -2.47. The molecule has 0 spiro atoms. The Kier molecular flexibility index (Phi) is 20.2. The minimum absolute atomic E-state index is 0.189. The molecule has 0 aliphatic carbocycles. The van der Waals surface area contributed by atoms with Gasteiger partial charge in [0, 0.05) is 25.2 Å². The minimum atomic E-state index is -0.420. The van der Waals surface area contributed by atoms with E-state index in [1.54, 1.807) is 7.05 Å². The number of nitrogens with one attached hydrogen (secondary N) is 2. The van der Waals surface area contributed by atoms with Gasteiger partial charge in [-0.2, -0.15) is 0 Å². The van der Waals surface area contributed by atoms with Crippen LogP contribution >= 0.6 is 9.24 Å². The molecule has 2 aromatic rings. The number of primary amides is 1. The maximum Gasteiger partial charge on any atom is 0.312 e. The second-order valence-corrected chi connectivity index (χ2v) is 9.45. The Morgan fingerprint density at radius 1 is 1.11 bits per heavy atom. The number of amidine groups is 1. The fraction of sp³-hybridized carbons (Fsp3) is 0.517. The van der Waals surface area contributed by atoms with E-state index in [2.05, 4.69) is 80.1 Å². The number of nitrogens with two attached hydrogens (primary N) is 2. The minimum Gasteiger partial charge on any atom is -0.352 e. The summed E-state index contributed by atoms with van der Waals surface area (Å²) in [6.07, 6.45) is 6.01. The molecule has 2 aromatic carbocycles. The van der Waals surface area contributed by atoms with Gasteiger partial charge in [0.1, 0.15) is 5.84 Å². The van der Waals surface area contributed by atoms with Gasteiger partial charge in [0.15, 0.2) is 0 Å². The van der Waals surface area contributed by atoms with Crippen molar-refractivity contribution in [1.82, 2.24) is 15.6 Å². The van der Waals surface area contributed by atoms with Crippen LogP contribution in [-0.2, 0) is 6.42 Å². The highest BCUT2D eigenvalue weighted by Crippen LogP contribution is 2.09. The highest BCUT2D eigenvalue weighted by molar-refractivity contribution is 7.27. The van der Waals surface area contributed by atoms with Crippen LogP contribution in [0.15, 0.2) is 53.5 Å². The van der Waals surface area contributed by atoms with Crippen LogP contribution in [0.25, 0.3) is 0 Å². The Balaban J connectivity index is 0.000000524. The van der Waals surface area contributed by atoms with Gasteiger partial charge in [0.05, 0.1) is 0 Å². The number of aliphatic imine (C=N–C) groups is 1. The number of carbonyl (C=O) groups excluding carboxylic acids is 1. The number of hydrogen-bond acceptors (Lipinski definition) is 4. The average molecular weight is 531 g/mol. The lowest BCUT2D eigenvalue weighted by atomic mass is 10.1. The largest absolute Gasteiger partial charge is 0.352 e. The molecular weight excluding hydrogens is 479 g/mol. The van der Waals surface area contributed by atoms with E-state index < -0.39 is 6.03 Å². The molecule has 1 fully saturated rings. The molecule has 0 radical (unpaired) electrons. The third kappa shape index (κ3) is 16.8. The quantitative estimate of drug-likeness (QED) is 0.145. The molecule has 2 amide bonds.